The second kappa shape index (κ2) is 8.96. The molecule has 1 heterocycles. The van der Waals surface area contributed by atoms with E-state index in [1.807, 2.05) is 24.8 Å². The topological polar surface area (TPSA) is 57.7 Å². The van der Waals surface area contributed by atoms with E-state index in [9.17, 15) is 26.4 Å². The van der Waals surface area contributed by atoms with Gasteiger partial charge in [0.1, 0.15) is 6.29 Å². The molecule has 0 spiro atoms. The smallest absolute Gasteiger partial charge is 0.368 e. The van der Waals surface area contributed by atoms with Crippen LogP contribution < -0.4 is 4.90 Å². The minimum Gasteiger partial charge on any atom is -0.368 e. The summed E-state index contributed by atoms with van der Waals surface area (Å²) in [5, 5.41) is 0. The maximum Gasteiger partial charge on any atom is 0.446 e. The number of anilines is 1. The van der Waals surface area contributed by atoms with Crippen molar-refractivity contribution in [2.75, 3.05) is 18.0 Å². The highest BCUT2D eigenvalue weighted by atomic mass is 32.2. The minimum absolute atomic E-state index is 0.111. The minimum atomic E-state index is -4.34. The highest BCUT2D eigenvalue weighted by molar-refractivity contribution is 8.00. The maximum atomic E-state index is 13.7. The zero-order valence-electron chi connectivity index (χ0n) is 18.2. The van der Waals surface area contributed by atoms with E-state index < -0.39 is 15.5 Å². The zero-order valence-corrected chi connectivity index (χ0v) is 19.9. The van der Waals surface area contributed by atoms with Crippen molar-refractivity contribution in [3.8, 4) is 0 Å². The fourth-order valence-electron chi connectivity index (χ4n) is 4.95. The van der Waals surface area contributed by atoms with E-state index in [0.29, 0.717) is 25.9 Å². The number of sulfonamides is 1. The summed E-state index contributed by atoms with van der Waals surface area (Å²) in [6, 6.07) is 10.7. The van der Waals surface area contributed by atoms with E-state index in [1.165, 1.54) is 16.4 Å². The summed E-state index contributed by atoms with van der Waals surface area (Å²) < 4.78 is 66.7. The molecule has 0 saturated carbocycles. The largest absolute Gasteiger partial charge is 0.446 e. The molecule has 3 atom stereocenters. The van der Waals surface area contributed by atoms with Crippen LogP contribution >= 0.6 is 11.8 Å². The monoisotopic (exact) mass is 498 g/mol. The van der Waals surface area contributed by atoms with Gasteiger partial charge in [-0.3, -0.25) is 0 Å². The molecule has 0 N–H and O–H groups in total. The highest BCUT2D eigenvalue weighted by Crippen LogP contribution is 2.38. The Labute approximate surface area is 196 Å². The van der Waals surface area contributed by atoms with Gasteiger partial charge < -0.3 is 9.69 Å². The molecule has 33 heavy (non-hydrogen) atoms. The van der Waals surface area contributed by atoms with E-state index in [-0.39, 0.29) is 39.6 Å². The van der Waals surface area contributed by atoms with Crippen LogP contribution in [0.2, 0.25) is 0 Å². The van der Waals surface area contributed by atoms with Gasteiger partial charge in [-0.1, -0.05) is 12.1 Å². The average molecular weight is 499 g/mol. The molecule has 10 heteroatoms. The quantitative estimate of drug-likeness (QED) is 0.449. The molecular formula is C23H25F3N2O3S2. The van der Waals surface area contributed by atoms with Crippen LogP contribution in [-0.4, -0.2) is 49.7 Å². The van der Waals surface area contributed by atoms with Crippen molar-refractivity contribution in [2.45, 2.75) is 54.1 Å². The van der Waals surface area contributed by atoms with E-state index in [0.717, 1.165) is 23.1 Å². The summed E-state index contributed by atoms with van der Waals surface area (Å²) in [5.41, 5.74) is -1.95. The van der Waals surface area contributed by atoms with E-state index >= 15 is 0 Å². The molecule has 0 radical (unpaired) electrons. The summed E-state index contributed by atoms with van der Waals surface area (Å²) in [5.74, 6) is -0.193. The normalized spacial score (nSPS) is 24.0. The van der Waals surface area contributed by atoms with E-state index in [1.54, 1.807) is 24.3 Å². The molecule has 0 bridgehead atoms. The van der Waals surface area contributed by atoms with Crippen LogP contribution in [0.5, 0.6) is 0 Å². The Hall–Kier alpha value is -2.04. The molecule has 0 amide bonds. The Morgan fingerprint density at radius 1 is 1.00 bits per heavy atom. The molecule has 1 aliphatic heterocycles. The second-order valence-electron chi connectivity index (χ2n) is 8.68. The lowest BCUT2D eigenvalue weighted by molar-refractivity contribution is -0.110. The number of alkyl halides is 3. The lowest BCUT2D eigenvalue weighted by atomic mass is 10.1. The van der Waals surface area contributed by atoms with Crippen molar-refractivity contribution in [3.05, 3.63) is 53.6 Å². The molecule has 2 aromatic carbocycles. The number of halogens is 3. The lowest BCUT2D eigenvalue weighted by Crippen LogP contribution is -2.58. The van der Waals surface area contributed by atoms with Crippen LogP contribution in [0, 0.1) is 5.92 Å². The van der Waals surface area contributed by atoms with Crippen LogP contribution in [0.1, 0.15) is 25.0 Å². The molecule has 1 saturated heterocycles. The molecule has 178 valence electrons. The Kier molecular flexibility index (Phi) is 6.54. The van der Waals surface area contributed by atoms with Crippen molar-refractivity contribution < 1.29 is 26.4 Å². The van der Waals surface area contributed by atoms with Gasteiger partial charge in [-0.25, -0.2) is 8.42 Å². The lowest BCUT2D eigenvalue weighted by Gasteiger charge is -2.44. The number of hydrogen-bond donors (Lipinski definition) is 0. The first-order chi connectivity index (χ1) is 15.5. The van der Waals surface area contributed by atoms with Crippen LogP contribution in [0.25, 0.3) is 0 Å². The van der Waals surface area contributed by atoms with Crippen LogP contribution in [-0.2, 0) is 27.7 Å². The van der Waals surface area contributed by atoms with Crippen LogP contribution in [0.15, 0.2) is 52.3 Å². The zero-order chi connectivity index (χ0) is 24.0. The van der Waals surface area contributed by atoms with Gasteiger partial charge in [0.05, 0.1) is 4.90 Å². The SMILES string of the molecule is C[C@@H]1CN(c2ccc(SC(F)(F)F)cc2)C[C@H](C)N1S(=O)(=O)c1cccc2c1CC(C=O)C2. The first-order valence-corrected chi connectivity index (χ1v) is 13.0. The van der Waals surface area contributed by atoms with Crippen LogP contribution in [0.4, 0.5) is 18.9 Å². The first kappa shape index (κ1) is 24.1. The van der Waals surface area contributed by atoms with Crippen LogP contribution in [0.3, 0.4) is 0 Å². The number of carbonyl (C=O) groups excluding carboxylic acids is 1. The number of rotatable bonds is 5. The first-order valence-electron chi connectivity index (χ1n) is 10.7. The second-order valence-corrected chi connectivity index (χ2v) is 11.6. The number of hydrogen-bond acceptors (Lipinski definition) is 5. The van der Waals surface area contributed by atoms with Gasteiger partial charge in [-0.05, 0) is 79.9 Å². The standard InChI is InChI=1S/C23H25F3N2O3S2/c1-15-12-27(19-6-8-20(9-7-19)32-23(24,25)26)13-16(2)28(15)33(30,31)22-5-3-4-18-10-17(14-29)11-21(18)22/h3-9,14-17H,10-13H2,1-2H3/t15-,16+,17?. The van der Waals surface area contributed by atoms with Gasteiger partial charge in [-0.2, -0.15) is 17.5 Å². The summed E-state index contributed by atoms with van der Waals surface area (Å²) in [6.07, 6.45) is 1.88. The number of carbonyl (C=O) groups is 1. The molecule has 2 aliphatic rings. The Balaban J connectivity index is 1.55. The average Bonchev–Trinajstić information content (AvgIpc) is 3.15. The van der Waals surface area contributed by atoms with Gasteiger partial charge in [0.2, 0.25) is 10.0 Å². The molecule has 1 aliphatic carbocycles. The van der Waals surface area contributed by atoms with E-state index in [2.05, 4.69) is 0 Å². The summed E-state index contributed by atoms with van der Waals surface area (Å²) in [6.45, 7) is 4.51. The molecule has 2 aromatic rings. The van der Waals surface area contributed by atoms with Crippen molar-refractivity contribution in [1.29, 1.82) is 0 Å². The molecule has 1 unspecified atom stereocenters. The van der Waals surface area contributed by atoms with Crippen molar-refractivity contribution in [3.63, 3.8) is 0 Å². The number of fused-ring (bicyclic) bond motifs is 1. The summed E-state index contributed by atoms with van der Waals surface area (Å²) in [7, 11) is -3.79. The Morgan fingerprint density at radius 2 is 1.64 bits per heavy atom. The maximum absolute atomic E-state index is 13.7. The molecular weight excluding hydrogens is 473 g/mol. The number of nitrogens with zero attached hydrogens (tertiary/aromatic N) is 2. The third kappa shape index (κ3) is 4.93. The Bertz CT molecular complexity index is 1120. The van der Waals surface area contributed by atoms with Gasteiger partial charge in [-0.15, -0.1) is 0 Å². The van der Waals surface area contributed by atoms with Gasteiger partial charge in [0.15, 0.2) is 0 Å². The van der Waals surface area contributed by atoms with Crippen molar-refractivity contribution in [2.24, 2.45) is 5.92 Å². The predicted molar refractivity (Wildman–Crippen MR) is 122 cm³/mol. The third-order valence-electron chi connectivity index (χ3n) is 6.20. The molecule has 5 nitrogen and oxygen atoms in total. The fourth-order valence-corrected chi connectivity index (χ4v) is 7.58. The fraction of sp³-hybridized carbons (Fsp3) is 0.435. The van der Waals surface area contributed by atoms with E-state index in [4.69, 9.17) is 0 Å². The van der Waals surface area contributed by atoms with Gasteiger partial charge in [0, 0.05) is 41.7 Å². The molecule has 0 aromatic heterocycles. The van der Waals surface area contributed by atoms with Gasteiger partial charge >= 0.3 is 5.51 Å². The molecule has 4 rings (SSSR count). The Morgan fingerprint density at radius 3 is 2.21 bits per heavy atom. The predicted octanol–water partition coefficient (Wildman–Crippen LogP) is 4.50. The number of aldehydes is 1. The summed E-state index contributed by atoms with van der Waals surface area (Å²) >= 11 is -0.158. The van der Waals surface area contributed by atoms with Gasteiger partial charge in [0.25, 0.3) is 0 Å². The number of benzene rings is 2. The number of thioether (sulfide) groups is 1. The summed E-state index contributed by atoms with van der Waals surface area (Å²) in [4.78, 5) is 13.7. The van der Waals surface area contributed by atoms with Crippen molar-refractivity contribution >= 4 is 33.8 Å². The third-order valence-corrected chi connectivity index (χ3v) is 9.15. The number of piperazine rings is 1. The highest BCUT2D eigenvalue weighted by Gasteiger charge is 2.40. The van der Waals surface area contributed by atoms with Crippen molar-refractivity contribution in [1.82, 2.24) is 4.31 Å². The molecule has 1 fully saturated rings.